The minimum Gasteiger partial charge on any atom is -0.321 e. The summed E-state index contributed by atoms with van der Waals surface area (Å²) in [4.78, 5) is 12.7. The fraction of sp³-hybridized carbons (Fsp3) is 0.0714. The first kappa shape index (κ1) is 9.53. The van der Waals surface area contributed by atoms with Crippen LogP contribution in [0.3, 0.4) is 0 Å². The van der Waals surface area contributed by atoms with Crippen LogP contribution in [-0.2, 0) is 6.54 Å². The molecule has 86 valence electrons. The van der Waals surface area contributed by atoms with E-state index in [0.717, 1.165) is 28.8 Å². The second-order valence-corrected chi connectivity index (χ2v) is 4.31. The molecule has 0 radical (unpaired) electrons. The zero-order valence-electron chi connectivity index (χ0n) is 9.61. The van der Waals surface area contributed by atoms with Gasteiger partial charge in [-0.25, -0.2) is 9.97 Å². The number of fused-ring (bicyclic) bond motifs is 5. The molecular weight excluding hydrogens is 224 g/mol. The average Bonchev–Trinajstić information content (AvgIpc) is 2.69. The van der Waals surface area contributed by atoms with Gasteiger partial charge in [-0.3, -0.25) is 4.98 Å². The van der Waals surface area contributed by atoms with Crippen molar-refractivity contribution in [2.75, 3.05) is 0 Å². The van der Waals surface area contributed by atoms with Gasteiger partial charge in [0.25, 0.3) is 0 Å². The maximum atomic E-state index is 4.37. The lowest BCUT2D eigenvalue weighted by molar-refractivity contribution is 0.862. The normalized spacial score (nSPS) is 13.1. The smallest absolute Gasteiger partial charge is 0.144 e. The molecule has 18 heavy (non-hydrogen) atoms. The van der Waals surface area contributed by atoms with Crippen molar-refractivity contribution in [3.05, 3.63) is 48.7 Å². The van der Waals surface area contributed by atoms with Crippen molar-refractivity contribution in [1.82, 2.24) is 19.5 Å². The van der Waals surface area contributed by atoms with Gasteiger partial charge in [0.2, 0.25) is 0 Å². The van der Waals surface area contributed by atoms with E-state index < -0.39 is 0 Å². The molecule has 0 aromatic carbocycles. The number of allylic oxidation sites excluding steroid dienone is 1. The van der Waals surface area contributed by atoms with Gasteiger partial charge in [0.1, 0.15) is 12.0 Å². The molecule has 0 spiro atoms. The predicted molar refractivity (Wildman–Crippen MR) is 69.8 cm³/mol. The van der Waals surface area contributed by atoms with Crippen LogP contribution in [0.5, 0.6) is 0 Å². The molecule has 0 bridgehead atoms. The number of hydrogen-bond acceptors (Lipinski definition) is 3. The van der Waals surface area contributed by atoms with Gasteiger partial charge in [0.05, 0.1) is 5.69 Å². The highest BCUT2D eigenvalue weighted by atomic mass is 15.1. The minimum atomic E-state index is 0.824. The van der Waals surface area contributed by atoms with Crippen LogP contribution in [-0.4, -0.2) is 19.5 Å². The fourth-order valence-electron chi connectivity index (χ4n) is 2.46. The molecule has 3 aromatic heterocycles. The van der Waals surface area contributed by atoms with Gasteiger partial charge in [-0.05, 0) is 17.7 Å². The molecule has 4 rings (SSSR count). The third-order valence-electron chi connectivity index (χ3n) is 3.27. The van der Waals surface area contributed by atoms with E-state index in [0.29, 0.717) is 0 Å². The molecular formula is C14H10N4. The number of hydrogen-bond donors (Lipinski definition) is 0. The summed E-state index contributed by atoms with van der Waals surface area (Å²) < 4.78 is 2.20. The van der Waals surface area contributed by atoms with Crippen LogP contribution < -0.4 is 0 Å². The fourth-order valence-corrected chi connectivity index (χ4v) is 2.46. The third-order valence-corrected chi connectivity index (χ3v) is 3.27. The molecule has 0 N–H and O–H groups in total. The average molecular weight is 234 g/mol. The van der Waals surface area contributed by atoms with Crippen molar-refractivity contribution in [2.24, 2.45) is 0 Å². The molecule has 0 amide bonds. The Labute approximate surface area is 104 Å². The lowest BCUT2D eigenvalue weighted by atomic mass is 10.1. The Balaban J connectivity index is 2.13. The molecule has 1 aliphatic rings. The molecule has 0 saturated heterocycles. The SMILES string of the molecule is C1=Cc2ccncc2-c2cc3cncnc3n2C1. The first-order valence-corrected chi connectivity index (χ1v) is 5.84. The van der Waals surface area contributed by atoms with Gasteiger partial charge in [0.15, 0.2) is 0 Å². The Morgan fingerprint density at radius 3 is 3.17 bits per heavy atom. The largest absolute Gasteiger partial charge is 0.321 e. The summed E-state index contributed by atoms with van der Waals surface area (Å²) in [5, 5.41) is 1.07. The molecule has 0 aliphatic carbocycles. The summed E-state index contributed by atoms with van der Waals surface area (Å²) in [7, 11) is 0. The van der Waals surface area contributed by atoms with Gasteiger partial charge < -0.3 is 4.57 Å². The Bertz CT molecular complexity index is 770. The maximum Gasteiger partial charge on any atom is 0.144 e. The molecule has 0 fully saturated rings. The zero-order valence-corrected chi connectivity index (χ0v) is 9.61. The van der Waals surface area contributed by atoms with Crippen molar-refractivity contribution in [2.45, 2.75) is 6.54 Å². The Morgan fingerprint density at radius 2 is 2.17 bits per heavy atom. The summed E-state index contributed by atoms with van der Waals surface area (Å²) >= 11 is 0. The van der Waals surface area contributed by atoms with Crippen molar-refractivity contribution in [3.8, 4) is 11.3 Å². The van der Waals surface area contributed by atoms with Crippen molar-refractivity contribution in [3.63, 3.8) is 0 Å². The van der Waals surface area contributed by atoms with Crippen LogP contribution in [0, 0.1) is 0 Å². The summed E-state index contributed by atoms with van der Waals surface area (Å²) in [5.74, 6) is 0. The number of pyridine rings is 1. The van der Waals surface area contributed by atoms with Gasteiger partial charge in [-0.2, -0.15) is 0 Å². The van der Waals surface area contributed by atoms with Crippen molar-refractivity contribution in [1.29, 1.82) is 0 Å². The van der Waals surface area contributed by atoms with Crippen molar-refractivity contribution >= 4 is 17.1 Å². The van der Waals surface area contributed by atoms with Gasteiger partial charge in [-0.15, -0.1) is 0 Å². The van der Waals surface area contributed by atoms with Crippen LogP contribution in [0.25, 0.3) is 28.4 Å². The van der Waals surface area contributed by atoms with Crippen LogP contribution in [0.4, 0.5) is 0 Å². The minimum absolute atomic E-state index is 0.824. The molecule has 1 aliphatic heterocycles. The highest BCUT2D eigenvalue weighted by Gasteiger charge is 2.15. The summed E-state index contributed by atoms with van der Waals surface area (Å²) in [6.07, 6.45) is 11.5. The van der Waals surface area contributed by atoms with Crippen LogP contribution in [0.1, 0.15) is 5.56 Å². The van der Waals surface area contributed by atoms with Gasteiger partial charge in [0, 0.05) is 36.1 Å². The standard InChI is InChI=1S/C14H10N4/c1-2-10-3-4-15-8-12(10)13-6-11-7-16-9-17-14(11)18(13)5-1/h1-4,6-9H,5H2. The Kier molecular flexibility index (Phi) is 1.85. The van der Waals surface area contributed by atoms with E-state index in [1.54, 1.807) is 6.33 Å². The first-order valence-electron chi connectivity index (χ1n) is 5.84. The van der Waals surface area contributed by atoms with Gasteiger partial charge in [-0.1, -0.05) is 12.2 Å². The zero-order chi connectivity index (χ0) is 11.9. The number of nitrogens with zero attached hydrogens (tertiary/aromatic N) is 4. The van der Waals surface area contributed by atoms with E-state index in [2.05, 4.69) is 37.7 Å². The summed E-state index contributed by atoms with van der Waals surface area (Å²) in [6.45, 7) is 0.824. The third kappa shape index (κ3) is 1.23. The topological polar surface area (TPSA) is 43.6 Å². The van der Waals surface area contributed by atoms with E-state index >= 15 is 0 Å². The molecule has 0 saturated carbocycles. The quantitative estimate of drug-likeness (QED) is 0.600. The second-order valence-electron chi connectivity index (χ2n) is 4.31. The highest BCUT2D eigenvalue weighted by Crippen LogP contribution is 2.31. The number of rotatable bonds is 0. The lowest BCUT2D eigenvalue weighted by Crippen LogP contribution is -1.98. The maximum absolute atomic E-state index is 4.37. The molecule has 0 atom stereocenters. The molecule has 4 heterocycles. The number of aromatic nitrogens is 4. The van der Waals surface area contributed by atoms with Crippen LogP contribution >= 0.6 is 0 Å². The van der Waals surface area contributed by atoms with E-state index in [9.17, 15) is 0 Å². The summed E-state index contributed by atoms with van der Waals surface area (Å²) in [6, 6.07) is 4.16. The van der Waals surface area contributed by atoms with E-state index in [1.807, 2.05) is 24.7 Å². The second kappa shape index (κ2) is 3.50. The Hall–Kier alpha value is -2.49. The van der Waals surface area contributed by atoms with E-state index in [4.69, 9.17) is 0 Å². The molecule has 4 nitrogen and oxygen atoms in total. The molecule has 0 unspecified atom stereocenters. The van der Waals surface area contributed by atoms with E-state index in [1.165, 1.54) is 5.56 Å². The Morgan fingerprint density at radius 1 is 1.17 bits per heavy atom. The molecule has 3 aromatic rings. The monoisotopic (exact) mass is 234 g/mol. The van der Waals surface area contributed by atoms with Crippen LogP contribution in [0.15, 0.2) is 43.1 Å². The van der Waals surface area contributed by atoms with Crippen molar-refractivity contribution < 1.29 is 0 Å². The van der Waals surface area contributed by atoms with E-state index in [-0.39, 0.29) is 0 Å². The van der Waals surface area contributed by atoms with Crippen LogP contribution in [0.2, 0.25) is 0 Å². The lowest BCUT2D eigenvalue weighted by Gasteiger charge is -2.06. The summed E-state index contributed by atoms with van der Waals surface area (Å²) in [5.41, 5.74) is 4.46. The highest BCUT2D eigenvalue weighted by molar-refractivity contribution is 5.86. The predicted octanol–water partition coefficient (Wildman–Crippen LogP) is 2.52. The first-order chi connectivity index (χ1) is 8.93. The molecule has 4 heteroatoms. The van der Waals surface area contributed by atoms with Gasteiger partial charge >= 0.3 is 0 Å².